The third-order valence-corrected chi connectivity index (χ3v) is 3.30. The molecule has 0 aliphatic carbocycles. The van der Waals surface area contributed by atoms with Crippen molar-refractivity contribution in [1.82, 2.24) is 5.32 Å². The van der Waals surface area contributed by atoms with Gasteiger partial charge in [0.1, 0.15) is 0 Å². The number of benzene rings is 1. The van der Waals surface area contributed by atoms with E-state index >= 15 is 0 Å². The molecule has 1 aromatic carbocycles. The summed E-state index contributed by atoms with van der Waals surface area (Å²) in [4.78, 5) is 23.2. The second-order valence-corrected chi connectivity index (χ2v) is 5.48. The fourth-order valence-corrected chi connectivity index (χ4v) is 1.82. The number of rotatable bonds is 8. The van der Waals surface area contributed by atoms with Crippen molar-refractivity contribution in [3.8, 4) is 0 Å². The number of ether oxygens (including phenoxy) is 1. The zero-order valence-corrected chi connectivity index (χ0v) is 12.8. The molecular formula is C16H23NO4. The van der Waals surface area contributed by atoms with E-state index < -0.39 is 17.5 Å². The van der Waals surface area contributed by atoms with Crippen LogP contribution in [0.3, 0.4) is 0 Å². The Kier molecular flexibility index (Phi) is 6.37. The van der Waals surface area contributed by atoms with Gasteiger partial charge in [-0.15, -0.1) is 0 Å². The van der Waals surface area contributed by atoms with Crippen LogP contribution in [0.15, 0.2) is 30.3 Å². The Morgan fingerprint density at radius 1 is 1.29 bits per heavy atom. The summed E-state index contributed by atoms with van der Waals surface area (Å²) in [5, 5.41) is 11.8. The van der Waals surface area contributed by atoms with E-state index in [1.807, 2.05) is 37.3 Å². The lowest BCUT2D eigenvalue weighted by Gasteiger charge is -2.21. The van der Waals surface area contributed by atoms with E-state index in [9.17, 15) is 9.59 Å². The number of carbonyl (C=O) groups excluding carboxylic acids is 1. The van der Waals surface area contributed by atoms with Gasteiger partial charge in [-0.25, -0.2) is 0 Å². The third kappa shape index (κ3) is 5.19. The van der Waals surface area contributed by atoms with Crippen LogP contribution < -0.4 is 5.32 Å². The topological polar surface area (TPSA) is 75.6 Å². The zero-order chi connectivity index (χ0) is 15.9. The Hall–Kier alpha value is -1.88. The molecule has 0 aromatic heterocycles. The fraction of sp³-hybridized carbons (Fsp3) is 0.500. The predicted molar refractivity (Wildman–Crippen MR) is 79.9 cm³/mol. The summed E-state index contributed by atoms with van der Waals surface area (Å²) in [5.74, 6) is -1.12. The molecule has 2 N–H and O–H groups in total. The number of carbonyl (C=O) groups is 2. The van der Waals surface area contributed by atoms with Crippen molar-refractivity contribution in [2.45, 2.75) is 33.3 Å². The molecule has 1 amide bonds. The maximum atomic E-state index is 12.2. The number of carboxylic acids is 1. The van der Waals surface area contributed by atoms with E-state index in [2.05, 4.69) is 5.32 Å². The van der Waals surface area contributed by atoms with E-state index in [-0.39, 0.29) is 5.91 Å². The summed E-state index contributed by atoms with van der Waals surface area (Å²) < 4.78 is 5.49. The highest BCUT2D eigenvalue weighted by molar-refractivity contribution is 5.82. The lowest BCUT2D eigenvalue weighted by Crippen LogP contribution is -2.35. The minimum atomic E-state index is -0.874. The molecule has 0 aliphatic heterocycles. The van der Waals surface area contributed by atoms with Crippen LogP contribution in [0, 0.1) is 5.41 Å². The van der Waals surface area contributed by atoms with E-state index in [4.69, 9.17) is 9.84 Å². The Morgan fingerprint density at radius 2 is 1.90 bits per heavy atom. The summed E-state index contributed by atoms with van der Waals surface area (Å²) in [6.45, 7) is 5.83. The molecule has 0 saturated carbocycles. The Bertz CT molecular complexity index is 470. The van der Waals surface area contributed by atoms with Gasteiger partial charge in [0.05, 0.1) is 5.41 Å². The van der Waals surface area contributed by atoms with Gasteiger partial charge in [0.2, 0.25) is 0 Å². The first-order valence-corrected chi connectivity index (χ1v) is 7.06. The van der Waals surface area contributed by atoms with Crippen molar-refractivity contribution in [1.29, 1.82) is 0 Å². The highest BCUT2D eigenvalue weighted by atomic mass is 16.5. The fourth-order valence-electron chi connectivity index (χ4n) is 1.82. The van der Waals surface area contributed by atoms with Crippen molar-refractivity contribution >= 4 is 11.9 Å². The predicted octanol–water partition coefficient (Wildman–Crippen LogP) is 2.38. The SMILES string of the molecule is CCOC(C(=O)NCCC(C)(C)C(=O)O)c1ccccc1. The van der Waals surface area contributed by atoms with Gasteiger partial charge in [-0.1, -0.05) is 30.3 Å². The smallest absolute Gasteiger partial charge is 0.309 e. The molecule has 0 aliphatic rings. The quantitative estimate of drug-likeness (QED) is 0.771. The molecule has 5 nitrogen and oxygen atoms in total. The lowest BCUT2D eigenvalue weighted by molar-refractivity contribution is -0.147. The minimum absolute atomic E-state index is 0.246. The van der Waals surface area contributed by atoms with Gasteiger partial charge in [0.25, 0.3) is 5.91 Å². The molecule has 0 spiro atoms. The Labute approximate surface area is 125 Å². The molecule has 1 aromatic rings. The van der Waals surface area contributed by atoms with Crippen LogP contribution in [0.25, 0.3) is 0 Å². The first-order valence-electron chi connectivity index (χ1n) is 7.06. The second kappa shape index (κ2) is 7.78. The average Bonchev–Trinajstić information content (AvgIpc) is 2.45. The Balaban J connectivity index is 2.61. The van der Waals surface area contributed by atoms with Gasteiger partial charge in [-0.05, 0) is 32.8 Å². The van der Waals surface area contributed by atoms with E-state index in [1.54, 1.807) is 13.8 Å². The molecule has 21 heavy (non-hydrogen) atoms. The van der Waals surface area contributed by atoms with Crippen molar-refractivity contribution in [2.75, 3.05) is 13.2 Å². The molecule has 0 saturated heterocycles. The maximum absolute atomic E-state index is 12.2. The van der Waals surface area contributed by atoms with Gasteiger partial charge in [0.15, 0.2) is 6.10 Å². The largest absolute Gasteiger partial charge is 0.481 e. The van der Waals surface area contributed by atoms with Crippen LogP contribution in [0.2, 0.25) is 0 Å². The van der Waals surface area contributed by atoms with Crippen LogP contribution in [0.5, 0.6) is 0 Å². The number of hydrogen-bond donors (Lipinski definition) is 2. The second-order valence-electron chi connectivity index (χ2n) is 5.48. The zero-order valence-electron chi connectivity index (χ0n) is 12.8. The summed E-state index contributed by atoms with van der Waals surface area (Å²) in [6.07, 6.45) is -0.300. The first-order chi connectivity index (χ1) is 9.88. The first kappa shape index (κ1) is 17.2. The van der Waals surface area contributed by atoms with Gasteiger partial charge in [0, 0.05) is 13.2 Å². The average molecular weight is 293 g/mol. The van der Waals surface area contributed by atoms with Crippen LogP contribution >= 0.6 is 0 Å². The number of nitrogens with one attached hydrogen (secondary N) is 1. The summed E-state index contributed by atoms with van der Waals surface area (Å²) in [7, 11) is 0. The summed E-state index contributed by atoms with van der Waals surface area (Å²) >= 11 is 0. The molecule has 0 heterocycles. The van der Waals surface area contributed by atoms with Gasteiger partial charge in [-0.3, -0.25) is 9.59 Å². The van der Waals surface area contributed by atoms with Gasteiger partial charge >= 0.3 is 5.97 Å². The van der Waals surface area contributed by atoms with Crippen molar-refractivity contribution < 1.29 is 19.4 Å². The lowest BCUT2D eigenvalue weighted by atomic mass is 9.89. The highest BCUT2D eigenvalue weighted by Crippen LogP contribution is 2.20. The molecule has 1 rings (SSSR count). The molecule has 5 heteroatoms. The number of amides is 1. The summed E-state index contributed by atoms with van der Waals surface area (Å²) in [6, 6.07) is 9.24. The number of aliphatic carboxylic acids is 1. The molecule has 116 valence electrons. The monoisotopic (exact) mass is 293 g/mol. The van der Waals surface area contributed by atoms with Crippen molar-refractivity contribution in [2.24, 2.45) is 5.41 Å². The summed E-state index contributed by atoms with van der Waals surface area (Å²) in [5.41, 5.74) is -0.0736. The number of hydrogen-bond acceptors (Lipinski definition) is 3. The maximum Gasteiger partial charge on any atom is 0.309 e. The minimum Gasteiger partial charge on any atom is -0.481 e. The van der Waals surface area contributed by atoms with Crippen LogP contribution in [-0.2, 0) is 14.3 Å². The van der Waals surface area contributed by atoms with Gasteiger partial charge < -0.3 is 15.2 Å². The van der Waals surface area contributed by atoms with Gasteiger partial charge in [-0.2, -0.15) is 0 Å². The molecular weight excluding hydrogens is 270 g/mol. The van der Waals surface area contributed by atoms with E-state index in [1.165, 1.54) is 0 Å². The Morgan fingerprint density at radius 3 is 2.43 bits per heavy atom. The highest BCUT2D eigenvalue weighted by Gasteiger charge is 2.27. The van der Waals surface area contributed by atoms with Crippen LogP contribution in [0.1, 0.15) is 38.9 Å². The van der Waals surface area contributed by atoms with E-state index in [0.717, 1.165) is 5.56 Å². The van der Waals surface area contributed by atoms with E-state index in [0.29, 0.717) is 19.6 Å². The molecule has 1 unspecified atom stereocenters. The van der Waals surface area contributed by atoms with Crippen molar-refractivity contribution in [3.63, 3.8) is 0 Å². The molecule has 0 bridgehead atoms. The van der Waals surface area contributed by atoms with Crippen LogP contribution in [-0.4, -0.2) is 30.1 Å². The third-order valence-electron chi connectivity index (χ3n) is 3.30. The van der Waals surface area contributed by atoms with Crippen LogP contribution in [0.4, 0.5) is 0 Å². The van der Waals surface area contributed by atoms with Crippen molar-refractivity contribution in [3.05, 3.63) is 35.9 Å². The molecule has 1 atom stereocenters. The molecule has 0 radical (unpaired) electrons. The molecule has 0 fully saturated rings. The standard InChI is InChI=1S/C16H23NO4/c1-4-21-13(12-8-6-5-7-9-12)14(18)17-11-10-16(2,3)15(19)20/h5-9,13H,4,10-11H2,1-3H3,(H,17,18)(H,19,20). The normalized spacial score (nSPS) is 12.7. The number of carboxylic acid groups (broad SMARTS) is 1.